The van der Waals surface area contributed by atoms with E-state index in [0.717, 1.165) is 16.5 Å². The second kappa shape index (κ2) is 12.9. The molecule has 4 rings (SSSR count). The third kappa shape index (κ3) is 7.04. The van der Waals surface area contributed by atoms with Crippen LogP contribution in [0.3, 0.4) is 0 Å². The number of rotatable bonds is 11. The van der Waals surface area contributed by atoms with Crippen LogP contribution in [0.25, 0.3) is 10.9 Å². The van der Waals surface area contributed by atoms with Gasteiger partial charge >= 0.3 is 5.97 Å². The third-order valence-corrected chi connectivity index (χ3v) is 7.51. The van der Waals surface area contributed by atoms with Crippen LogP contribution in [0.4, 0.5) is 0 Å². The number of carboxylic acids is 1. The van der Waals surface area contributed by atoms with Crippen molar-refractivity contribution in [2.75, 3.05) is 6.54 Å². The molecule has 218 valence electrons. The zero-order chi connectivity index (χ0) is 29.7. The van der Waals surface area contributed by atoms with E-state index in [1.54, 1.807) is 26.0 Å². The maximum Gasteiger partial charge on any atom is 0.326 e. The third-order valence-electron chi connectivity index (χ3n) is 7.51. The van der Waals surface area contributed by atoms with Gasteiger partial charge < -0.3 is 36.5 Å². The summed E-state index contributed by atoms with van der Waals surface area (Å²) in [5.74, 6) is -2.94. The van der Waals surface area contributed by atoms with Crippen molar-refractivity contribution in [3.05, 3.63) is 65.9 Å². The summed E-state index contributed by atoms with van der Waals surface area (Å²) < 4.78 is 0. The normalized spacial score (nSPS) is 17.3. The molecule has 7 N–H and O–H groups in total. The van der Waals surface area contributed by atoms with E-state index in [4.69, 9.17) is 5.73 Å². The number of carboxylic acid groups (broad SMARTS) is 1. The molecule has 1 saturated heterocycles. The number of benzene rings is 2. The highest BCUT2D eigenvalue weighted by Gasteiger charge is 2.39. The number of fused-ring (bicyclic) bond motifs is 1. The number of nitrogens with one attached hydrogen (secondary N) is 3. The van der Waals surface area contributed by atoms with Crippen molar-refractivity contribution in [1.82, 2.24) is 20.5 Å². The van der Waals surface area contributed by atoms with Crippen molar-refractivity contribution in [2.45, 2.75) is 63.7 Å². The average Bonchev–Trinajstić information content (AvgIpc) is 3.59. The molecule has 1 aliphatic heterocycles. The Kier molecular flexibility index (Phi) is 9.28. The molecule has 11 heteroatoms. The molecule has 11 nitrogen and oxygen atoms in total. The van der Waals surface area contributed by atoms with Gasteiger partial charge in [0.05, 0.1) is 6.04 Å². The lowest BCUT2D eigenvalue weighted by Gasteiger charge is -2.30. The van der Waals surface area contributed by atoms with Crippen LogP contribution in [0.5, 0.6) is 5.75 Å². The maximum atomic E-state index is 13.9. The highest BCUT2D eigenvalue weighted by atomic mass is 16.4. The first-order valence-corrected chi connectivity index (χ1v) is 13.8. The second-order valence-corrected chi connectivity index (χ2v) is 10.9. The number of para-hydroxylation sites is 1. The van der Waals surface area contributed by atoms with Crippen LogP contribution in [-0.4, -0.2) is 74.5 Å². The van der Waals surface area contributed by atoms with Crippen molar-refractivity contribution in [3.8, 4) is 5.75 Å². The van der Waals surface area contributed by atoms with E-state index in [2.05, 4.69) is 15.6 Å². The fourth-order valence-electron chi connectivity index (χ4n) is 5.24. The van der Waals surface area contributed by atoms with E-state index >= 15 is 0 Å². The number of nitrogens with two attached hydrogens (primary N) is 1. The Morgan fingerprint density at radius 3 is 2.44 bits per heavy atom. The van der Waals surface area contributed by atoms with Crippen molar-refractivity contribution in [1.29, 1.82) is 0 Å². The van der Waals surface area contributed by atoms with Gasteiger partial charge in [-0.3, -0.25) is 14.4 Å². The Bertz CT molecular complexity index is 1400. The van der Waals surface area contributed by atoms with Crippen molar-refractivity contribution in [2.24, 2.45) is 11.7 Å². The highest BCUT2D eigenvalue weighted by molar-refractivity contribution is 5.95. The Hall–Kier alpha value is -4.38. The topological polar surface area (TPSA) is 178 Å². The number of nitrogens with zero attached hydrogens (tertiary/aromatic N) is 1. The molecule has 3 aromatic rings. The first-order chi connectivity index (χ1) is 19.5. The quantitative estimate of drug-likeness (QED) is 0.205. The minimum atomic E-state index is -1.15. The second-order valence-electron chi connectivity index (χ2n) is 10.9. The van der Waals surface area contributed by atoms with Crippen molar-refractivity contribution >= 4 is 34.6 Å². The molecule has 2 aromatic carbocycles. The number of carbonyl (C=O) groups excluding carboxylic acids is 3. The fraction of sp³-hybridized carbons (Fsp3) is 0.400. The van der Waals surface area contributed by atoms with Gasteiger partial charge in [-0.1, -0.05) is 44.2 Å². The molecule has 2 heterocycles. The van der Waals surface area contributed by atoms with Gasteiger partial charge in [0, 0.05) is 30.1 Å². The summed E-state index contributed by atoms with van der Waals surface area (Å²) in [4.78, 5) is 56.5. The molecule has 0 radical (unpaired) electrons. The van der Waals surface area contributed by atoms with Gasteiger partial charge in [-0.15, -0.1) is 0 Å². The number of phenols is 1. The van der Waals surface area contributed by atoms with Gasteiger partial charge in [-0.25, -0.2) is 4.79 Å². The van der Waals surface area contributed by atoms with Gasteiger partial charge in [0.2, 0.25) is 17.7 Å². The van der Waals surface area contributed by atoms with Crippen LogP contribution >= 0.6 is 0 Å². The Labute approximate surface area is 238 Å². The first kappa shape index (κ1) is 29.6. The number of H-pyrrole nitrogens is 1. The van der Waals surface area contributed by atoms with Gasteiger partial charge in [-0.2, -0.15) is 0 Å². The summed E-state index contributed by atoms with van der Waals surface area (Å²) >= 11 is 0. The smallest absolute Gasteiger partial charge is 0.326 e. The molecule has 0 bridgehead atoms. The Balaban J connectivity index is 1.52. The molecule has 4 unspecified atom stereocenters. The molecular formula is C30H37N5O6. The number of likely N-dealkylation sites (tertiary alicyclic amines) is 1. The van der Waals surface area contributed by atoms with E-state index in [9.17, 15) is 29.4 Å². The van der Waals surface area contributed by atoms with E-state index in [1.165, 1.54) is 17.0 Å². The van der Waals surface area contributed by atoms with Crippen molar-refractivity contribution in [3.63, 3.8) is 0 Å². The van der Waals surface area contributed by atoms with Crippen LogP contribution < -0.4 is 16.4 Å². The number of hydrogen-bond acceptors (Lipinski definition) is 6. The number of hydrogen-bond donors (Lipinski definition) is 6. The standard InChI is InChI=1S/C30H37N5O6/c1-17(2)26(30(40)41)34-28(38)25-8-5-13-35(25)29(39)24(14-18-9-11-20(36)12-10-18)33-27(37)22(31)15-19-16-32-23-7-4-3-6-21(19)23/h3-4,6-7,9-12,16-17,22,24-26,32,36H,5,8,13-15,31H2,1-2H3,(H,33,37)(H,34,38)(H,40,41). The van der Waals surface area contributed by atoms with Crippen molar-refractivity contribution < 1.29 is 29.4 Å². The first-order valence-electron chi connectivity index (χ1n) is 13.8. The van der Waals surface area contributed by atoms with Gasteiger partial charge in [0.1, 0.15) is 23.9 Å². The summed E-state index contributed by atoms with van der Waals surface area (Å²) in [6, 6.07) is 10.1. The minimum absolute atomic E-state index is 0.0656. The van der Waals surface area contributed by atoms with E-state index in [-0.39, 0.29) is 24.5 Å². The summed E-state index contributed by atoms with van der Waals surface area (Å²) in [6.07, 6.45) is 3.10. The lowest BCUT2D eigenvalue weighted by molar-refractivity contribution is -0.145. The van der Waals surface area contributed by atoms with Gasteiger partial charge in [0.15, 0.2) is 0 Å². The Morgan fingerprint density at radius 1 is 1.05 bits per heavy atom. The van der Waals surface area contributed by atoms with Gasteiger partial charge in [0.25, 0.3) is 0 Å². The molecule has 0 spiro atoms. The summed E-state index contributed by atoms with van der Waals surface area (Å²) in [5, 5.41) is 25.5. The largest absolute Gasteiger partial charge is 0.508 e. The maximum absolute atomic E-state index is 13.9. The molecule has 1 fully saturated rings. The zero-order valence-corrected chi connectivity index (χ0v) is 23.2. The number of amides is 3. The lowest BCUT2D eigenvalue weighted by Crippen LogP contribution is -2.58. The average molecular weight is 564 g/mol. The van der Waals surface area contributed by atoms with Gasteiger partial charge in [-0.05, 0) is 54.5 Å². The van der Waals surface area contributed by atoms with Crippen LogP contribution in [-0.2, 0) is 32.0 Å². The summed E-state index contributed by atoms with van der Waals surface area (Å²) in [7, 11) is 0. The predicted molar refractivity (Wildman–Crippen MR) is 153 cm³/mol. The van der Waals surface area contributed by atoms with E-state index in [0.29, 0.717) is 24.9 Å². The Morgan fingerprint density at radius 2 is 1.76 bits per heavy atom. The van der Waals surface area contributed by atoms with Crippen LogP contribution in [0, 0.1) is 5.92 Å². The monoisotopic (exact) mass is 563 g/mol. The number of aliphatic carboxylic acids is 1. The molecule has 3 amide bonds. The fourth-order valence-corrected chi connectivity index (χ4v) is 5.24. The highest BCUT2D eigenvalue weighted by Crippen LogP contribution is 2.22. The zero-order valence-electron chi connectivity index (χ0n) is 23.2. The van der Waals surface area contributed by atoms with Crippen LogP contribution in [0.2, 0.25) is 0 Å². The minimum Gasteiger partial charge on any atom is -0.508 e. The number of phenolic OH excluding ortho intramolecular Hbond substituents is 1. The molecule has 0 saturated carbocycles. The van der Waals surface area contributed by atoms with E-state index < -0.39 is 47.9 Å². The number of aromatic nitrogens is 1. The molecule has 41 heavy (non-hydrogen) atoms. The molecule has 1 aromatic heterocycles. The number of aromatic amines is 1. The molecule has 0 aliphatic carbocycles. The van der Waals surface area contributed by atoms with Crippen LogP contribution in [0.1, 0.15) is 37.8 Å². The van der Waals surface area contributed by atoms with E-state index in [1.807, 2.05) is 30.5 Å². The molecular weight excluding hydrogens is 526 g/mol. The number of aromatic hydroxyl groups is 1. The molecule has 1 aliphatic rings. The SMILES string of the molecule is CC(C)C(NC(=O)C1CCCN1C(=O)C(Cc1ccc(O)cc1)NC(=O)C(N)Cc1c[nH]c2ccccc12)C(=O)O. The summed E-state index contributed by atoms with van der Waals surface area (Å²) in [6.45, 7) is 3.68. The predicted octanol–water partition coefficient (Wildman–Crippen LogP) is 1.69. The number of carbonyl (C=O) groups is 4. The van der Waals surface area contributed by atoms with Crippen LogP contribution in [0.15, 0.2) is 54.7 Å². The lowest BCUT2D eigenvalue weighted by atomic mass is 10.0. The summed E-state index contributed by atoms with van der Waals surface area (Å²) in [5.41, 5.74) is 8.79. The molecule has 4 atom stereocenters.